The van der Waals surface area contributed by atoms with Gasteiger partial charge in [-0.15, -0.1) is 0 Å². The van der Waals surface area contributed by atoms with Crippen molar-refractivity contribution in [2.75, 3.05) is 26.7 Å². The molecule has 2 saturated heterocycles. The number of nitrogens with two attached hydrogens (primary N) is 2. The third-order valence-corrected chi connectivity index (χ3v) is 6.02. The molecule has 2 amide bonds. The number of nitrogens with zero attached hydrogens (tertiary/aromatic N) is 1. The number of benzene rings is 1. The van der Waals surface area contributed by atoms with Gasteiger partial charge in [0.1, 0.15) is 11.4 Å². The van der Waals surface area contributed by atoms with E-state index in [-0.39, 0.29) is 88.6 Å². The van der Waals surface area contributed by atoms with Crippen LogP contribution in [0.2, 0.25) is 0 Å². The van der Waals surface area contributed by atoms with E-state index in [2.05, 4.69) is 24.1 Å². The first kappa shape index (κ1) is 38.3. The Hall–Kier alpha value is -0.854. The predicted octanol–water partition coefficient (Wildman–Crippen LogP) is -0.734. The molecule has 0 aliphatic carbocycles. The minimum atomic E-state index is -0.881. The monoisotopic (exact) mass is 547 g/mol. The Kier molecular flexibility index (Phi) is 20.8. The average molecular weight is 548 g/mol. The first-order valence-electron chi connectivity index (χ1n) is 12.4. The van der Waals surface area contributed by atoms with E-state index in [0.29, 0.717) is 31.5 Å². The average Bonchev–Trinajstić information content (AvgIpc) is 3.50. The topological polar surface area (TPSA) is 134 Å². The fourth-order valence-corrected chi connectivity index (χ4v) is 4.34. The van der Waals surface area contributed by atoms with Crippen molar-refractivity contribution >= 4 is 11.8 Å². The Labute approximate surface area is 265 Å². The number of aliphatic hydroxyl groups is 1. The molecule has 2 fully saturated rings. The second-order valence-corrected chi connectivity index (χ2v) is 9.16. The Bertz CT molecular complexity index is 802. The zero-order valence-corrected chi connectivity index (χ0v) is 26.6. The molecule has 10 heteroatoms. The quantitative estimate of drug-likeness (QED) is 0.226. The molecule has 8 nitrogen and oxygen atoms in total. The van der Waals surface area contributed by atoms with Crippen LogP contribution in [-0.2, 0) is 16.0 Å². The summed E-state index contributed by atoms with van der Waals surface area (Å²) in [5.41, 5.74) is 10.7. The summed E-state index contributed by atoms with van der Waals surface area (Å²) in [6.45, 7) is 9.40. The summed E-state index contributed by atoms with van der Waals surface area (Å²) in [6.07, 6.45) is 4.88. The van der Waals surface area contributed by atoms with E-state index in [9.17, 15) is 14.0 Å². The van der Waals surface area contributed by atoms with Crippen molar-refractivity contribution in [1.82, 2.24) is 15.5 Å². The van der Waals surface area contributed by atoms with Gasteiger partial charge in [0, 0.05) is 32.1 Å². The number of carbonyl (C=O) groups excluding carboxylic acids is 2. The molecule has 37 heavy (non-hydrogen) atoms. The number of nitrogens with one attached hydrogen (secondary N) is 2. The van der Waals surface area contributed by atoms with Gasteiger partial charge in [-0.25, -0.2) is 4.39 Å². The fourth-order valence-electron chi connectivity index (χ4n) is 4.34. The Morgan fingerprint density at radius 3 is 2.32 bits per heavy atom. The molecular formula is C27H47FKN5O3. The van der Waals surface area contributed by atoms with Gasteiger partial charge in [0.05, 0.1) is 12.1 Å². The molecule has 0 bridgehead atoms. The van der Waals surface area contributed by atoms with E-state index in [4.69, 9.17) is 16.6 Å². The molecule has 0 radical (unpaired) electrons. The van der Waals surface area contributed by atoms with Crippen molar-refractivity contribution in [3.63, 3.8) is 0 Å². The summed E-state index contributed by atoms with van der Waals surface area (Å²) in [5.74, 6) is -0.436. The molecule has 1 aromatic rings. The second-order valence-electron chi connectivity index (χ2n) is 9.16. The van der Waals surface area contributed by atoms with Gasteiger partial charge >= 0.3 is 51.4 Å². The Morgan fingerprint density at radius 1 is 1.32 bits per heavy atom. The summed E-state index contributed by atoms with van der Waals surface area (Å²) in [5, 5.41) is 14.5. The van der Waals surface area contributed by atoms with Gasteiger partial charge in [-0.1, -0.05) is 25.6 Å². The standard InChI is InChI=1S/C18H24FN3O2.C5H11NO.C3H9N.CH3.K/c1-20-17(24)18(12-13-5-7-14(19)8-6-13)9-3-11-22(18)16(23)15-4-2-10-21-15;1-4(6)3-5(2)7;1-2-3-4;;/h5-8,15,21H,2-4,9-12H2,1H3,(H,20,24);5,7H,1,3,6H2,2H3;2-4H2,1H3;1H3;/q;;;-1;+1/t15?,18-;5-;;;/m01.../s1. The second kappa shape index (κ2) is 20.1. The molecule has 0 aromatic heterocycles. The summed E-state index contributed by atoms with van der Waals surface area (Å²) in [7, 11) is 1.60. The van der Waals surface area contributed by atoms with E-state index >= 15 is 0 Å². The summed E-state index contributed by atoms with van der Waals surface area (Å²) >= 11 is 0. The smallest absolute Gasteiger partial charge is 0.402 e. The van der Waals surface area contributed by atoms with Crippen LogP contribution in [0.3, 0.4) is 0 Å². The minimum Gasteiger partial charge on any atom is -0.402 e. The fraction of sp³-hybridized carbons (Fsp3) is 0.593. The first-order valence-corrected chi connectivity index (χ1v) is 12.4. The van der Waals surface area contributed by atoms with Gasteiger partial charge in [0.2, 0.25) is 11.8 Å². The van der Waals surface area contributed by atoms with Crippen LogP contribution < -0.4 is 73.5 Å². The van der Waals surface area contributed by atoms with Gasteiger partial charge in [-0.3, -0.25) is 9.59 Å². The van der Waals surface area contributed by atoms with Crippen LogP contribution in [0.15, 0.2) is 36.5 Å². The number of halogens is 1. The molecule has 1 aromatic carbocycles. The summed E-state index contributed by atoms with van der Waals surface area (Å²) in [4.78, 5) is 27.4. The van der Waals surface area contributed by atoms with Crippen molar-refractivity contribution in [1.29, 1.82) is 0 Å². The van der Waals surface area contributed by atoms with E-state index in [1.54, 1.807) is 31.0 Å². The van der Waals surface area contributed by atoms with Crippen LogP contribution in [0.1, 0.15) is 57.9 Å². The van der Waals surface area contributed by atoms with Gasteiger partial charge in [0.25, 0.3) is 0 Å². The SMILES string of the molecule is C=C(N)C[C@@H](C)O.CCCN.CNC(=O)[C@@]1(Cc2ccc(F)cc2)CCCN1C(=O)C1CCCN1.[CH3-].[K+]. The molecule has 3 rings (SSSR count). The number of hydrogen-bond acceptors (Lipinski definition) is 6. The van der Waals surface area contributed by atoms with Crippen molar-refractivity contribution in [3.8, 4) is 0 Å². The molecule has 1 unspecified atom stereocenters. The Morgan fingerprint density at radius 2 is 1.92 bits per heavy atom. The van der Waals surface area contributed by atoms with E-state index < -0.39 is 5.54 Å². The van der Waals surface area contributed by atoms with Crippen molar-refractivity contribution in [2.45, 2.75) is 76.5 Å². The van der Waals surface area contributed by atoms with Crippen LogP contribution in [0.4, 0.5) is 4.39 Å². The van der Waals surface area contributed by atoms with Crippen LogP contribution in [0.5, 0.6) is 0 Å². The van der Waals surface area contributed by atoms with Gasteiger partial charge in [-0.05, 0) is 69.8 Å². The third-order valence-electron chi connectivity index (χ3n) is 6.02. The van der Waals surface area contributed by atoms with Crippen molar-refractivity contribution < 1.29 is 70.5 Å². The minimum absolute atomic E-state index is 0. The molecule has 0 saturated carbocycles. The van der Waals surface area contributed by atoms with Crippen LogP contribution in [0.25, 0.3) is 0 Å². The predicted molar refractivity (Wildman–Crippen MR) is 144 cm³/mol. The number of aliphatic hydroxyl groups excluding tert-OH is 1. The maximum absolute atomic E-state index is 13.2. The number of likely N-dealkylation sites (tertiary alicyclic amines) is 1. The normalized spacial score (nSPS) is 20.6. The molecular weight excluding hydrogens is 500 g/mol. The van der Waals surface area contributed by atoms with E-state index in [0.717, 1.165) is 44.3 Å². The van der Waals surface area contributed by atoms with Crippen LogP contribution in [-0.4, -0.2) is 66.2 Å². The zero-order chi connectivity index (χ0) is 26.4. The number of likely N-dealkylation sites (N-methyl/N-ethyl adjacent to an activating group) is 1. The maximum atomic E-state index is 13.2. The van der Waals surface area contributed by atoms with Gasteiger partial charge < -0.3 is 39.5 Å². The first-order chi connectivity index (χ1) is 16.6. The summed E-state index contributed by atoms with van der Waals surface area (Å²) < 4.78 is 13.2. The summed E-state index contributed by atoms with van der Waals surface area (Å²) in [6, 6.07) is 5.98. The molecule has 2 aliphatic rings. The number of hydrogen-bond donors (Lipinski definition) is 5. The molecule has 2 heterocycles. The number of carbonyl (C=O) groups is 2. The molecule has 0 spiro atoms. The zero-order valence-electron chi connectivity index (χ0n) is 23.5. The van der Waals surface area contributed by atoms with E-state index in [1.165, 1.54) is 12.1 Å². The largest absolute Gasteiger partial charge is 1.00 e. The van der Waals surface area contributed by atoms with Crippen LogP contribution in [0, 0.1) is 13.2 Å². The van der Waals surface area contributed by atoms with Crippen LogP contribution >= 0.6 is 0 Å². The Balaban J connectivity index is 0. The number of rotatable bonds is 7. The molecule has 206 valence electrons. The van der Waals surface area contributed by atoms with Crippen molar-refractivity contribution in [2.24, 2.45) is 11.5 Å². The van der Waals surface area contributed by atoms with Crippen molar-refractivity contribution in [3.05, 3.63) is 55.3 Å². The van der Waals surface area contributed by atoms with Gasteiger partial charge in [-0.2, -0.15) is 0 Å². The van der Waals surface area contributed by atoms with E-state index in [1.807, 2.05) is 0 Å². The molecule has 7 N–H and O–H groups in total. The number of amides is 2. The molecule has 3 atom stereocenters. The van der Waals surface area contributed by atoms with Gasteiger partial charge in [0.15, 0.2) is 0 Å². The molecule has 2 aliphatic heterocycles. The third kappa shape index (κ3) is 12.7. The maximum Gasteiger partial charge on any atom is 1.00 e.